The number of hydrogen-bond donors (Lipinski definition) is 0. The molecule has 0 aromatic rings. The number of rotatable bonds is 11. The highest BCUT2D eigenvalue weighted by Gasteiger charge is 2.57. The van der Waals surface area contributed by atoms with Crippen LogP contribution in [0.2, 0.25) is 0 Å². The lowest BCUT2D eigenvalue weighted by atomic mass is 9.96. The highest BCUT2D eigenvalue weighted by atomic mass is 79.9. The fourth-order valence-corrected chi connectivity index (χ4v) is 5.14. The molecule has 0 saturated carbocycles. The maximum Gasteiger partial charge on any atom is 0.303 e. The number of hydrogen-bond acceptors (Lipinski definition) is 17. The zero-order chi connectivity index (χ0) is 33.3. The molecule has 44 heavy (non-hydrogen) atoms. The van der Waals surface area contributed by atoms with Crippen LogP contribution in [-0.4, -0.2) is 115 Å². The van der Waals surface area contributed by atoms with Gasteiger partial charge in [-0.05, 0) is 0 Å². The average Bonchev–Trinajstić information content (AvgIpc) is 2.87. The molecule has 248 valence electrons. The van der Waals surface area contributed by atoms with Crippen LogP contribution in [0, 0.1) is 0 Å². The number of esters is 7. The summed E-state index contributed by atoms with van der Waals surface area (Å²) < 4.78 is 55.1. The van der Waals surface area contributed by atoms with Gasteiger partial charge in [-0.1, -0.05) is 15.9 Å². The van der Waals surface area contributed by atoms with Gasteiger partial charge in [-0.3, -0.25) is 33.6 Å². The molecular formula is C26H35BrO17. The molecule has 2 rings (SSSR count). The lowest BCUT2D eigenvalue weighted by Gasteiger charge is -2.48. The molecule has 0 bridgehead atoms. The second-order valence-electron chi connectivity index (χ2n) is 9.64. The molecule has 0 aromatic carbocycles. The smallest absolute Gasteiger partial charge is 0.303 e. The summed E-state index contributed by atoms with van der Waals surface area (Å²) in [5.74, 6) is -5.64. The van der Waals surface area contributed by atoms with Crippen LogP contribution < -0.4 is 0 Å². The topological polar surface area (TPSA) is 212 Å². The van der Waals surface area contributed by atoms with Crippen molar-refractivity contribution in [1.29, 1.82) is 0 Å². The van der Waals surface area contributed by atoms with Crippen molar-refractivity contribution in [3.63, 3.8) is 0 Å². The van der Waals surface area contributed by atoms with Crippen molar-refractivity contribution in [2.24, 2.45) is 0 Å². The van der Waals surface area contributed by atoms with Crippen LogP contribution in [0.1, 0.15) is 48.5 Å². The Hall–Kier alpha value is -3.35. The van der Waals surface area contributed by atoms with Crippen molar-refractivity contribution >= 4 is 57.7 Å². The number of carbonyl (C=O) groups is 7. The molecule has 2 saturated heterocycles. The Balaban J connectivity index is 2.66. The first-order chi connectivity index (χ1) is 20.5. The van der Waals surface area contributed by atoms with Gasteiger partial charge in [0.2, 0.25) is 0 Å². The summed E-state index contributed by atoms with van der Waals surface area (Å²) in [6.45, 7) is 6.60. The van der Waals surface area contributed by atoms with E-state index < -0.39 is 115 Å². The Kier molecular flexibility index (Phi) is 13.9. The number of alkyl halides is 1. The van der Waals surface area contributed by atoms with E-state index in [1.807, 2.05) is 0 Å². The minimum atomic E-state index is -1.73. The van der Waals surface area contributed by atoms with Crippen LogP contribution in [0.25, 0.3) is 0 Å². The molecule has 2 heterocycles. The van der Waals surface area contributed by atoms with Gasteiger partial charge in [0.25, 0.3) is 0 Å². The average molecular weight is 699 g/mol. The number of carbonyl (C=O) groups excluding carboxylic acids is 7. The van der Waals surface area contributed by atoms with Crippen LogP contribution in [0.3, 0.4) is 0 Å². The van der Waals surface area contributed by atoms with Gasteiger partial charge in [-0.25, -0.2) is 0 Å². The van der Waals surface area contributed by atoms with Gasteiger partial charge >= 0.3 is 41.8 Å². The molecule has 2 aliphatic rings. The summed E-state index contributed by atoms with van der Waals surface area (Å²) >= 11 is 3.25. The normalized spacial score (nSPS) is 31.5. The van der Waals surface area contributed by atoms with Crippen LogP contribution in [-0.2, 0) is 80.9 Å². The maximum atomic E-state index is 12.2. The third-order valence-electron chi connectivity index (χ3n) is 5.87. The van der Waals surface area contributed by atoms with E-state index in [1.54, 1.807) is 0 Å². The summed E-state index contributed by atoms with van der Waals surface area (Å²) in [7, 11) is 0. The summed E-state index contributed by atoms with van der Waals surface area (Å²) in [6.07, 6.45) is -13.2. The predicted molar refractivity (Wildman–Crippen MR) is 142 cm³/mol. The van der Waals surface area contributed by atoms with Gasteiger partial charge in [-0.15, -0.1) is 0 Å². The monoisotopic (exact) mass is 698 g/mol. The van der Waals surface area contributed by atoms with E-state index in [2.05, 4.69) is 15.9 Å². The van der Waals surface area contributed by atoms with Gasteiger partial charge in [0.15, 0.2) is 41.8 Å². The van der Waals surface area contributed by atoms with Crippen LogP contribution in [0.15, 0.2) is 0 Å². The molecule has 0 unspecified atom stereocenters. The largest absolute Gasteiger partial charge is 0.463 e. The second-order valence-corrected chi connectivity index (χ2v) is 10.5. The number of ether oxygens (including phenoxy) is 10. The van der Waals surface area contributed by atoms with Crippen LogP contribution in [0.4, 0.5) is 0 Å². The van der Waals surface area contributed by atoms with Gasteiger partial charge < -0.3 is 47.4 Å². The first kappa shape index (κ1) is 36.8. The molecule has 2 aliphatic heterocycles. The van der Waals surface area contributed by atoms with Crippen molar-refractivity contribution < 1.29 is 80.9 Å². The van der Waals surface area contributed by atoms with Crippen LogP contribution in [0.5, 0.6) is 0 Å². The molecule has 0 amide bonds. The zero-order valence-corrected chi connectivity index (χ0v) is 26.6. The van der Waals surface area contributed by atoms with E-state index in [1.165, 1.54) is 0 Å². The minimum absolute atomic E-state index is 0.430. The molecule has 10 atom stereocenters. The Bertz CT molecular complexity index is 1090. The van der Waals surface area contributed by atoms with Crippen LogP contribution >= 0.6 is 15.9 Å². The highest BCUT2D eigenvalue weighted by molar-refractivity contribution is 9.09. The molecule has 0 spiro atoms. The van der Waals surface area contributed by atoms with Crippen molar-refractivity contribution in [2.45, 2.75) is 109 Å². The fraction of sp³-hybridized carbons (Fsp3) is 0.731. The van der Waals surface area contributed by atoms with Crippen molar-refractivity contribution in [3.8, 4) is 0 Å². The molecule has 0 aromatic heterocycles. The summed E-state index contributed by atoms with van der Waals surface area (Å²) in [5.41, 5.74) is 0. The molecule has 0 radical (unpaired) electrons. The Labute approximate surface area is 260 Å². The molecule has 0 aliphatic carbocycles. The first-order valence-corrected chi connectivity index (χ1v) is 14.1. The second kappa shape index (κ2) is 16.6. The van der Waals surface area contributed by atoms with E-state index in [9.17, 15) is 33.6 Å². The van der Waals surface area contributed by atoms with Gasteiger partial charge in [0.1, 0.15) is 31.5 Å². The van der Waals surface area contributed by atoms with Crippen molar-refractivity contribution in [1.82, 2.24) is 0 Å². The minimum Gasteiger partial charge on any atom is -0.463 e. The lowest BCUT2D eigenvalue weighted by Crippen LogP contribution is -2.66. The zero-order valence-electron chi connectivity index (χ0n) is 25.0. The van der Waals surface area contributed by atoms with E-state index in [4.69, 9.17) is 47.4 Å². The quantitative estimate of drug-likeness (QED) is 0.158. The highest BCUT2D eigenvalue weighted by Crippen LogP contribution is 2.36. The standard InChI is InChI=1S/C26H35BrO17/c1-10(28)35-8-17-19(37-12(3)30)21(23(25(27)42-17)40-15(6)33)44-26-24(41-16(7)34)22(39-14(5)32)20(38-13(4)31)18(43-26)9-36-11(2)29/h17-26H,8-9H2,1-7H3/t17-,18+,19-,20+,21+,22-,23-,24+,25+,26-/m0/s1. The molecular weight excluding hydrogens is 664 g/mol. The molecule has 18 heteroatoms. The first-order valence-electron chi connectivity index (χ1n) is 13.2. The molecule has 0 N–H and O–H groups in total. The van der Waals surface area contributed by atoms with E-state index >= 15 is 0 Å². The Morgan fingerprint density at radius 2 is 0.841 bits per heavy atom. The Morgan fingerprint density at radius 3 is 1.27 bits per heavy atom. The fourth-order valence-electron chi connectivity index (χ4n) is 4.46. The van der Waals surface area contributed by atoms with Gasteiger partial charge in [0.05, 0.1) is 0 Å². The van der Waals surface area contributed by atoms with E-state index in [0.29, 0.717) is 0 Å². The maximum absolute atomic E-state index is 12.2. The van der Waals surface area contributed by atoms with Crippen molar-refractivity contribution in [2.75, 3.05) is 13.2 Å². The molecule has 2 fully saturated rings. The van der Waals surface area contributed by atoms with Gasteiger partial charge in [0, 0.05) is 48.5 Å². The number of halogens is 1. The molecule has 17 nitrogen and oxygen atoms in total. The SMILES string of the molecule is CC(=O)OC[C@@H]1O[C@@H](Br)[C@@H](OC(C)=O)[C@H](O[C@@H]2O[C@H](COC(C)=O)[C@@H](OC(C)=O)[C@H](OC(C)=O)[C@H]2OC(C)=O)[C@H]1OC(C)=O. The third kappa shape index (κ3) is 11.0. The van der Waals surface area contributed by atoms with Gasteiger partial charge in [-0.2, -0.15) is 0 Å². The summed E-state index contributed by atoms with van der Waals surface area (Å²) in [5, 5.41) is -1.13. The van der Waals surface area contributed by atoms with Crippen molar-refractivity contribution in [3.05, 3.63) is 0 Å². The summed E-state index contributed by atoms with van der Waals surface area (Å²) in [4.78, 5) is 83.8. The third-order valence-corrected chi connectivity index (χ3v) is 6.61. The lowest BCUT2D eigenvalue weighted by molar-refractivity contribution is -0.340. The Morgan fingerprint density at radius 1 is 0.477 bits per heavy atom. The summed E-state index contributed by atoms with van der Waals surface area (Å²) in [6, 6.07) is 0. The van der Waals surface area contributed by atoms with E-state index in [0.717, 1.165) is 48.5 Å². The van der Waals surface area contributed by atoms with E-state index in [-0.39, 0.29) is 0 Å². The predicted octanol–water partition coefficient (Wildman–Crippen LogP) is 0.00100.